The third kappa shape index (κ3) is 3.41. The van der Waals surface area contributed by atoms with Crippen LogP contribution in [0.5, 0.6) is 0 Å². The number of hydrogen-bond donors (Lipinski definition) is 1. The topological polar surface area (TPSA) is 51.0 Å². The van der Waals surface area contributed by atoms with Gasteiger partial charge in [0.15, 0.2) is 5.82 Å². The molecule has 1 unspecified atom stereocenters. The quantitative estimate of drug-likeness (QED) is 0.897. The number of nitrogens with one attached hydrogen (secondary N) is 1. The van der Waals surface area contributed by atoms with Crippen molar-refractivity contribution in [1.82, 2.24) is 15.5 Å². The summed E-state index contributed by atoms with van der Waals surface area (Å²) >= 11 is 0. The summed E-state index contributed by atoms with van der Waals surface area (Å²) in [6.45, 7) is 9.50. The Labute approximate surface area is 114 Å². The highest BCUT2D eigenvalue weighted by molar-refractivity contribution is 5.37. The fraction of sp³-hybridized carbons (Fsp3) is 0.467. The lowest BCUT2D eigenvalue weighted by molar-refractivity contribution is 0.408. The second kappa shape index (κ2) is 5.97. The largest absolute Gasteiger partial charge is 0.343 e. The van der Waals surface area contributed by atoms with E-state index in [4.69, 9.17) is 4.52 Å². The molecule has 2 rings (SSSR count). The summed E-state index contributed by atoms with van der Waals surface area (Å²) in [7, 11) is 0. The lowest BCUT2D eigenvalue weighted by Crippen LogP contribution is -2.22. The van der Waals surface area contributed by atoms with Gasteiger partial charge in [-0.25, -0.2) is 0 Å². The number of aromatic nitrogens is 2. The molecule has 1 N–H and O–H groups in total. The Hall–Kier alpha value is -1.68. The molecule has 0 aliphatic rings. The van der Waals surface area contributed by atoms with Gasteiger partial charge in [-0.3, -0.25) is 0 Å². The van der Waals surface area contributed by atoms with E-state index in [0.29, 0.717) is 6.04 Å². The van der Waals surface area contributed by atoms with Crippen molar-refractivity contribution in [2.24, 2.45) is 0 Å². The van der Waals surface area contributed by atoms with Gasteiger partial charge in [0, 0.05) is 19.0 Å². The fourth-order valence-electron chi connectivity index (χ4n) is 2.26. The highest BCUT2D eigenvalue weighted by Gasteiger charge is 2.10. The van der Waals surface area contributed by atoms with Crippen LogP contribution in [0.1, 0.15) is 41.0 Å². The summed E-state index contributed by atoms with van der Waals surface area (Å²) in [5.41, 5.74) is 5.38. The molecule has 0 fully saturated rings. The van der Waals surface area contributed by atoms with Crippen LogP contribution < -0.4 is 5.32 Å². The van der Waals surface area contributed by atoms with Crippen molar-refractivity contribution in [3.05, 3.63) is 46.6 Å². The number of nitrogens with zero attached hydrogens (tertiary/aromatic N) is 2. The molecule has 102 valence electrons. The maximum Gasteiger partial charge on any atom is 0.213 e. The molecule has 0 amide bonds. The van der Waals surface area contributed by atoms with Crippen molar-refractivity contribution in [1.29, 1.82) is 0 Å². The van der Waals surface area contributed by atoms with Gasteiger partial charge in [-0.1, -0.05) is 17.3 Å². The van der Waals surface area contributed by atoms with E-state index in [1.54, 1.807) is 0 Å². The molecule has 0 saturated carbocycles. The second-order valence-corrected chi connectivity index (χ2v) is 5.07. The molecule has 0 spiro atoms. The molecule has 1 atom stereocenters. The molecule has 0 radical (unpaired) electrons. The van der Waals surface area contributed by atoms with Crippen LogP contribution in [0.25, 0.3) is 0 Å². The van der Waals surface area contributed by atoms with Gasteiger partial charge in [0.2, 0.25) is 6.39 Å². The second-order valence-electron chi connectivity index (χ2n) is 5.07. The van der Waals surface area contributed by atoms with Crippen LogP contribution in [0, 0.1) is 20.8 Å². The number of aryl methyl sites for hydroxylation is 3. The lowest BCUT2D eigenvalue weighted by atomic mass is 9.96. The Balaban J connectivity index is 1.96. The predicted octanol–water partition coefficient (Wildman–Crippen LogP) is 2.89. The van der Waals surface area contributed by atoms with E-state index in [-0.39, 0.29) is 0 Å². The Morgan fingerprint density at radius 1 is 1.16 bits per heavy atom. The standard InChI is InChI=1S/C15H21N3O/c1-10-7-12(3)14(8-11(10)2)13(4)16-6-5-15-17-9-19-18-15/h7-9,13,16H,5-6H2,1-4H3. The smallest absolute Gasteiger partial charge is 0.213 e. The molecular formula is C15H21N3O. The Morgan fingerprint density at radius 3 is 2.58 bits per heavy atom. The molecule has 4 nitrogen and oxygen atoms in total. The molecule has 4 heteroatoms. The van der Waals surface area contributed by atoms with E-state index < -0.39 is 0 Å². The fourth-order valence-corrected chi connectivity index (χ4v) is 2.26. The summed E-state index contributed by atoms with van der Waals surface area (Å²) in [5.74, 6) is 0.747. The van der Waals surface area contributed by atoms with Crippen molar-refractivity contribution in [3.8, 4) is 0 Å². The minimum absolute atomic E-state index is 0.325. The first kappa shape index (κ1) is 13.7. The van der Waals surface area contributed by atoms with Crippen molar-refractivity contribution in [2.45, 2.75) is 40.2 Å². The molecule has 0 aliphatic heterocycles. The zero-order valence-electron chi connectivity index (χ0n) is 12.0. The molecule has 1 aromatic carbocycles. The Morgan fingerprint density at radius 2 is 1.89 bits per heavy atom. The van der Waals surface area contributed by atoms with Gasteiger partial charge in [0.05, 0.1) is 0 Å². The van der Waals surface area contributed by atoms with Gasteiger partial charge < -0.3 is 9.84 Å². The van der Waals surface area contributed by atoms with E-state index >= 15 is 0 Å². The molecule has 1 heterocycles. The van der Waals surface area contributed by atoms with E-state index in [1.807, 2.05) is 0 Å². The van der Waals surface area contributed by atoms with Crippen LogP contribution in [0.3, 0.4) is 0 Å². The first-order valence-corrected chi connectivity index (χ1v) is 6.64. The molecule has 19 heavy (non-hydrogen) atoms. The summed E-state index contributed by atoms with van der Waals surface area (Å²) in [6.07, 6.45) is 2.15. The third-order valence-electron chi connectivity index (χ3n) is 3.55. The molecular weight excluding hydrogens is 238 g/mol. The van der Waals surface area contributed by atoms with Crippen LogP contribution in [0.15, 0.2) is 23.0 Å². The highest BCUT2D eigenvalue weighted by atomic mass is 16.5. The van der Waals surface area contributed by atoms with Gasteiger partial charge in [-0.2, -0.15) is 4.98 Å². The number of rotatable bonds is 5. The van der Waals surface area contributed by atoms with Gasteiger partial charge in [-0.15, -0.1) is 0 Å². The third-order valence-corrected chi connectivity index (χ3v) is 3.55. The van der Waals surface area contributed by atoms with E-state index in [1.165, 1.54) is 28.6 Å². The average molecular weight is 259 g/mol. The highest BCUT2D eigenvalue weighted by Crippen LogP contribution is 2.21. The average Bonchev–Trinajstić information content (AvgIpc) is 2.86. The monoisotopic (exact) mass is 259 g/mol. The normalized spacial score (nSPS) is 12.6. The summed E-state index contributed by atoms with van der Waals surface area (Å²) in [6, 6.07) is 4.85. The van der Waals surface area contributed by atoms with Gasteiger partial charge in [-0.05, 0) is 49.9 Å². The van der Waals surface area contributed by atoms with Crippen LogP contribution in [-0.2, 0) is 6.42 Å². The van der Waals surface area contributed by atoms with Crippen molar-refractivity contribution >= 4 is 0 Å². The summed E-state index contributed by atoms with van der Waals surface area (Å²) < 4.78 is 4.72. The van der Waals surface area contributed by atoms with Gasteiger partial charge in [0.1, 0.15) is 0 Å². The Kier molecular flexibility index (Phi) is 4.32. The van der Waals surface area contributed by atoms with Gasteiger partial charge >= 0.3 is 0 Å². The van der Waals surface area contributed by atoms with E-state index in [2.05, 4.69) is 55.3 Å². The minimum atomic E-state index is 0.325. The summed E-state index contributed by atoms with van der Waals surface area (Å²) in [4.78, 5) is 4.01. The first-order chi connectivity index (χ1) is 9.08. The number of hydrogen-bond acceptors (Lipinski definition) is 4. The lowest BCUT2D eigenvalue weighted by Gasteiger charge is -2.18. The van der Waals surface area contributed by atoms with E-state index in [9.17, 15) is 0 Å². The van der Waals surface area contributed by atoms with Crippen molar-refractivity contribution < 1.29 is 4.52 Å². The van der Waals surface area contributed by atoms with Crippen LogP contribution in [-0.4, -0.2) is 16.7 Å². The zero-order chi connectivity index (χ0) is 13.8. The molecule has 2 aromatic rings. The van der Waals surface area contributed by atoms with E-state index in [0.717, 1.165) is 18.8 Å². The predicted molar refractivity (Wildman–Crippen MR) is 75.1 cm³/mol. The molecule has 1 aromatic heterocycles. The Bertz CT molecular complexity index is 535. The SMILES string of the molecule is Cc1cc(C)c(C(C)NCCc2ncon2)cc1C. The van der Waals surface area contributed by atoms with Crippen LogP contribution in [0.4, 0.5) is 0 Å². The molecule has 0 aliphatic carbocycles. The van der Waals surface area contributed by atoms with Crippen molar-refractivity contribution in [2.75, 3.05) is 6.54 Å². The maximum atomic E-state index is 4.72. The number of benzene rings is 1. The molecule has 0 saturated heterocycles. The van der Waals surface area contributed by atoms with Crippen LogP contribution >= 0.6 is 0 Å². The maximum absolute atomic E-state index is 4.72. The van der Waals surface area contributed by atoms with Crippen molar-refractivity contribution in [3.63, 3.8) is 0 Å². The van der Waals surface area contributed by atoms with Crippen LogP contribution in [0.2, 0.25) is 0 Å². The summed E-state index contributed by atoms with van der Waals surface area (Å²) in [5, 5.41) is 7.31. The zero-order valence-corrected chi connectivity index (χ0v) is 12.0. The first-order valence-electron chi connectivity index (χ1n) is 6.64. The van der Waals surface area contributed by atoms with Gasteiger partial charge in [0.25, 0.3) is 0 Å². The minimum Gasteiger partial charge on any atom is -0.343 e. The molecule has 0 bridgehead atoms.